The van der Waals surface area contributed by atoms with E-state index in [0.29, 0.717) is 13.3 Å². The van der Waals surface area contributed by atoms with Crippen molar-refractivity contribution < 1.29 is 19.2 Å². The minimum atomic E-state index is -0.660. The summed E-state index contributed by atoms with van der Waals surface area (Å²) >= 11 is 0. The first kappa shape index (κ1) is 20.0. The molecule has 158 valence electrons. The third-order valence-corrected chi connectivity index (χ3v) is 6.86. The number of rotatable bonds is 5. The van der Waals surface area contributed by atoms with Crippen LogP contribution in [0.2, 0.25) is 0 Å². The zero-order valence-corrected chi connectivity index (χ0v) is 17.6. The van der Waals surface area contributed by atoms with Crippen molar-refractivity contribution in [3.63, 3.8) is 0 Å². The molecule has 7 heteroatoms. The van der Waals surface area contributed by atoms with Crippen LogP contribution in [0, 0.1) is 5.92 Å². The summed E-state index contributed by atoms with van der Waals surface area (Å²) in [5.74, 6) is 1.12. The molecule has 2 saturated heterocycles. The van der Waals surface area contributed by atoms with E-state index in [1.165, 1.54) is 9.80 Å². The monoisotopic (exact) mass is 401 g/mol. The van der Waals surface area contributed by atoms with E-state index in [4.69, 9.17) is 4.74 Å². The fraction of sp³-hybridized carbons (Fsp3) is 0.636. The standard InChI is InChI=1S/C22H32N4O3/c1-3-29-19-10-5-4-9-18(19)25-14-12-24(13-15-25)16-26-20(27)22(23-21(26)28)11-7-6-8-17(22)2/h4-5,9-10,17H,3,6-8,11-16H2,1-2H3,(H,23,28)/p+1/t17-,22+/m1/s1. The number of nitrogens with one attached hydrogen (secondary N) is 2. The van der Waals surface area contributed by atoms with Gasteiger partial charge in [0.1, 0.15) is 11.3 Å². The highest BCUT2D eigenvalue weighted by atomic mass is 16.5. The van der Waals surface area contributed by atoms with Crippen molar-refractivity contribution >= 4 is 17.6 Å². The molecule has 1 aliphatic carbocycles. The molecule has 0 radical (unpaired) electrons. The average molecular weight is 402 g/mol. The fourth-order valence-electron chi connectivity index (χ4n) is 5.08. The van der Waals surface area contributed by atoms with Crippen molar-refractivity contribution in [3.8, 4) is 5.75 Å². The number of carbonyl (C=O) groups excluding carboxylic acids is 2. The minimum absolute atomic E-state index is 0.00804. The molecule has 4 rings (SSSR count). The highest BCUT2D eigenvalue weighted by Gasteiger charge is 2.55. The van der Waals surface area contributed by atoms with E-state index in [0.717, 1.165) is 63.3 Å². The van der Waals surface area contributed by atoms with Gasteiger partial charge in [0, 0.05) is 0 Å². The van der Waals surface area contributed by atoms with Crippen molar-refractivity contribution in [2.75, 3.05) is 44.4 Å². The third-order valence-electron chi connectivity index (χ3n) is 6.86. The summed E-state index contributed by atoms with van der Waals surface area (Å²) in [6.45, 7) is 8.74. The Morgan fingerprint density at radius 3 is 2.69 bits per heavy atom. The predicted molar refractivity (Wildman–Crippen MR) is 111 cm³/mol. The lowest BCUT2D eigenvalue weighted by atomic mass is 9.73. The van der Waals surface area contributed by atoms with Gasteiger partial charge in [-0.05, 0) is 37.8 Å². The predicted octanol–water partition coefficient (Wildman–Crippen LogP) is 1.25. The number of quaternary nitrogens is 1. The Hall–Kier alpha value is -2.28. The Morgan fingerprint density at radius 1 is 1.21 bits per heavy atom. The molecule has 2 atom stereocenters. The zero-order valence-electron chi connectivity index (χ0n) is 17.6. The zero-order chi connectivity index (χ0) is 20.4. The second-order valence-corrected chi connectivity index (χ2v) is 8.58. The number of hydrogen-bond acceptors (Lipinski definition) is 4. The van der Waals surface area contributed by atoms with E-state index >= 15 is 0 Å². The van der Waals surface area contributed by atoms with Gasteiger partial charge in [-0.2, -0.15) is 0 Å². The number of ether oxygens (including phenoxy) is 1. The van der Waals surface area contributed by atoms with Crippen LogP contribution in [0.4, 0.5) is 10.5 Å². The van der Waals surface area contributed by atoms with Gasteiger partial charge in [0.15, 0.2) is 6.67 Å². The van der Waals surface area contributed by atoms with Gasteiger partial charge in [-0.15, -0.1) is 0 Å². The molecule has 2 N–H and O–H groups in total. The first-order chi connectivity index (χ1) is 14.0. The van der Waals surface area contributed by atoms with Crippen LogP contribution >= 0.6 is 0 Å². The molecule has 1 spiro atoms. The third kappa shape index (κ3) is 3.68. The molecule has 0 unspecified atom stereocenters. The second-order valence-electron chi connectivity index (χ2n) is 8.58. The van der Waals surface area contributed by atoms with Gasteiger partial charge >= 0.3 is 6.03 Å². The first-order valence-corrected chi connectivity index (χ1v) is 11.0. The van der Waals surface area contributed by atoms with Crippen LogP contribution in [-0.4, -0.2) is 61.8 Å². The Balaban J connectivity index is 1.38. The highest BCUT2D eigenvalue weighted by Crippen LogP contribution is 2.37. The molecule has 2 aliphatic heterocycles. The smallest absolute Gasteiger partial charge is 0.329 e. The number of piperazine rings is 1. The summed E-state index contributed by atoms with van der Waals surface area (Å²) in [5.41, 5.74) is 0.464. The SMILES string of the molecule is CCOc1ccccc1N1CC[NH+](CN2C(=O)N[C@]3(CCCC[C@H]3C)C2=O)CC1. The first-order valence-electron chi connectivity index (χ1n) is 11.0. The number of imide groups is 1. The van der Waals surface area contributed by atoms with Crippen LogP contribution < -0.4 is 19.9 Å². The molecule has 1 aromatic carbocycles. The van der Waals surface area contributed by atoms with Crippen LogP contribution in [-0.2, 0) is 4.79 Å². The maximum absolute atomic E-state index is 13.2. The van der Waals surface area contributed by atoms with Crippen LogP contribution in [0.15, 0.2) is 24.3 Å². The molecule has 1 aromatic rings. The Labute approximate surface area is 173 Å². The fourth-order valence-corrected chi connectivity index (χ4v) is 5.08. The highest BCUT2D eigenvalue weighted by molar-refractivity contribution is 6.07. The van der Waals surface area contributed by atoms with Gasteiger partial charge in [-0.3, -0.25) is 4.79 Å². The van der Waals surface area contributed by atoms with E-state index < -0.39 is 5.54 Å². The van der Waals surface area contributed by atoms with Gasteiger partial charge in [-0.1, -0.05) is 31.9 Å². The molecule has 3 amide bonds. The Morgan fingerprint density at radius 2 is 1.97 bits per heavy atom. The molecular formula is C22H33N4O3+. The van der Waals surface area contributed by atoms with Crippen LogP contribution in [0.5, 0.6) is 5.75 Å². The second kappa shape index (κ2) is 8.22. The summed E-state index contributed by atoms with van der Waals surface area (Å²) in [5, 5.41) is 3.06. The van der Waals surface area contributed by atoms with Crippen molar-refractivity contribution in [1.29, 1.82) is 0 Å². The molecule has 29 heavy (non-hydrogen) atoms. The number of para-hydroxylation sites is 2. The Kier molecular flexibility index (Phi) is 5.67. The normalized spacial score (nSPS) is 28.1. The molecule has 7 nitrogen and oxygen atoms in total. The summed E-state index contributed by atoms with van der Waals surface area (Å²) in [6, 6.07) is 7.93. The van der Waals surface area contributed by atoms with Gasteiger partial charge in [0.2, 0.25) is 0 Å². The quantitative estimate of drug-likeness (QED) is 0.729. The van der Waals surface area contributed by atoms with Crippen molar-refractivity contribution in [2.45, 2.75) is 45.1 Å². The number of nitrogens with zero attached hydrogens (tertiary/aromatic N) is 2. The summed E-state index contributed by atoms with van der Waals surface area (Å²) in [7, 11) is 0. The lowest BCUT2D eigenvalue weighted by Crippen LogP contribution is -3.16. The number of urea groups is 1. The molecule has 3 fully saturated rings. The largest absolute Gasteiger partial charge is 0.492 e. The maximum Gasteiger partial charge on any atom is 0.329 e. The van der Waals surface area contributed by atoms with Gasteiger partial charge in [0.05, 0.1) is 38.5 Å². The molecule has 1 saturated carbocycles. The Bertz CT molecular complexity index is 762. The van der Waals surface area contributed by atoms with Gasteiger partial charge in [0.25, 0.3) is 5.91 Å². The average Bonchev–Trinajstić information content (AvgIpc) is 2.96. The molecule has 0 bridgehead atoms. The van der Waals surface area contributed by atoms with Crippen LogP contribution in [0.3, 0.4) is 0 Å². The lowest BCUT2D eigenvalue weighted by Gasteiger charge is -2.37. The van der Waals surface area contributed by atoms with E-state index in [-0.39, 0.29) is 17.9 Å². The van der Waals surface area contributed by atoms with E-state index in [9.17, 15) is 9.59 Å². The van der Waals surface area contributed by atoms with Gasteiger partial charge < -0.3 is 19.9 Å². The van der Waals surface area contributed by atoms with Crippen LogP contribution in [0.1, 0.15) is 39.5 Å². The topological polar surface area (TPSA) is 66.3 Å². The van der Waals surface area contributed by atoms with Crippen molar-refractivity contribution in [1.82, 2.24) is 10.2 Å². The van der Waals surface area contributed by atoms with Crippen LogP contribution in [0.25, 0.3) is 0 Å². The number of anilines is 1. The van der Waals surface area contributed by atoms with E-state index in [1.54, 1.807) is 0 Å². The van der Waals surface area contributed by atoms with Crippen molar-refractivity contribution in [3.05, 3.63) is 24.3 Å². The molecular weight excluding hydrogens is 368 g/mol. The summed E-state index contributed by atoms with van der Waals surface area (Å²) in [4.78, 5) is 30.9. The number of hydrogen-bond donors (Lipinski definition) is 2. The number of amides is 3. The lowest BCUT2D eigenvalue weighted by molar-refractivity contribution is -0.907. The molecule has 0 aromatic heterocycles. The molecule has 2 heterocycles. The van der Waals surface area contributed by atoms with Crippen molar-refractivity contribution in [2.24, 2.45) is 5.92 Å². The number of carbonyl (C=O) groups is 2. The summed E-state index contributed by atoms with van der Waals surface area (Å²) < 4.78 is 5.77. The van der Waals surface area contributed by atoms with E-state index in [2.05, 4.69) is 23.2 Å². The minimum Gasteiger partial charge on any atom is -0.492 e. The summed E-state index contributed by atoms with van der Waals surface area (Å²) in [6.07, 6.45) is 3.93. The molecule has 3 aliphatic rings. The number of benzene rings is 1. The van der Waals surface area contributed by atoms with E-state index in [1.807, 2.05) is 25.1 Å². The maximum atomic E-state index is 13.2. The van der Waals surface area contributed by atoms with Gasteiger partial charge in [-0.25, -0.2) is 9.69 Å².